The van der Waals surface area contributed by atoms with Gasteiger partial charge in [-0.1, -0.05) is 130 Å². The van der Waals surface area contributed by atoms with E-state index in [1.165, 1.54) is 82.6 Å². The van der Waals surface area contributed by atoms with E-state index in [0.29, 0.717) is 0 Å². The van der Waals surface area contributed by atoms with Gasteiger partial charge in [-0.2, -0.15) is 0 Å². The lowest BCUT2D eigenvalue weighted by Crippen LogP contribution is -2.10. The highest BCUT2D eigenvalue weighted by atomic mass is 15.0. The largest absolute Gasteiger partial charge is 0.341 e. The van der Waals surface area contributed by atoms with Crippen LogP contribution in [-0.2, 0) is 18.4 Å². The summed E-state index contributed by atoms with van der Waals surface area (Å²) in [5, 5.41) is 5.31. The number of aryl methyl sites for hydroxylation is 1. The van der Waals surface area contributed by atoms with Gasteiger partial charge >= 0.3 is 0 Å². The topological polar surface area (TPSA) is 4.93 Å². The molecule has 1 aliphatic carbocycles. The fourth-order valence-electron chi connectivity index (χ4n) is 7.57. The summed E-state index contributed by atoms with van der Waals surface area (Å²) in [6.45, 7) is 10.0. The van der Waals surface area contributed by atoms with Crippen molar-refractivity contribution >= 4 is 38.7 Å². The van der Waals surface area contributed by atoms with Crippen LogP contribution in [0, 0.1) is 0 Å². The number of rotatable bonds is 4. The Morgan fingerprint density at radius 3 is 1.87 bits per heavy atom. The third-order valence-electron chi connectivity index (χ3n) is 9.84. The first-order valence-electron chi connectivity index (χ1n) is 16.4. The van der Waals surface area contributed by atoms with E-state index in [0.717, 1.165) is 19.4 Å². The number of hydrogen-bond acceptors (Lipinski definition) is 0. The van der Waals surface area contributed by atoms with E-state index in [-0.39, 0.29) is 5.41 Å². The SMILES string of the molecule is CCn1c2ccccc2c2cc(-c3ccc(-c4c5c(c(-c6ccc(C(C)(C)C)cc6)c6ccccc46)C=CCC5)cc3)ccc21. The van der Waals surface area contributed by atoms with Gasteiger partial charge < -0.3 is 4.57 Å². The molecule has 0 spiro atoms. The molecule has 1 aromatic heterocycles. The zero-order chi connectivity index (χ0) is 30.7. The molecule has 0 atom stereocenters. The van der Waals surface area contributed by atoms with Gasteiger partial charge in [-0.15, -0.1) is 0 Å². The normalized spacial score (nSPS) is 13.2. The molecule has 0 radical (unpaired) electrons. The zero-order valence-electron chi connectivity index (χ0n) is 26.7. The molecule has 0 bridgehead atoms. The van der Waals surface area contributed by atoms with Crippen LogP contribution in [0.3, 0.4) is 0 Å². The molecule has 1 heteroatoms. The molecular formula is C44H39N. The first-order valence-corrected chi connectivity index (χ1v) is 16.4. The lowest BCUT2D eigenvalue weighted by Gasteiger charge is -2.24. The number of aromatic nitrogens is 1. The highest BCUT2D eigenvalue weighted by molar-refractivity contribution is 6.11. The Morgan fingerprint density at radius 2 is 1.16 bits per heavy atom. The first-order chi connectivity index (χ1) is 21.9. The van der Waals surface area contributed by atoms with Crippen LogP contribution in [0.4, 0.5) is 0 Å². The van der Waals surface area contributed by atoms with Crippen molar-refractivity contribution in [3.05, 3.63) is 138 Å². The number of nitrogens with zero attached hydrogens (tertiary/aromatic N) is 1. The number of hydrogen-bond donors (Lipinski definition) is 0. The number of benzene rings is 6. The number of allylic oxidation sites excluding steroid dienone is 1. The molecule has 45 heavy (non-hydrogen) atoms. The third kappa shape index (κ3) is 4.53. The van der Waals surface area contributed by atoms with Crippen molar-refractivity contribution in [1.82, 2.24) is 4.57 Å². The smallest absolute Gasteiger partial charge is 0.0491 e. The van der Waals surface area contributed by atoms with Gasteiger partial charge in [0.05, 0.1) is 0 Å². The molecule has 1 heterocycles. The Kier molecular flexibility index (Phi) is 6.53. The quantitative estimate of drug-likeness (QED) is 0.195. The Bertz CT molecular complexity index is 2250. The van der Waals surface area contributed by atoms with Crippen LogP contribution >= 0.6 is 0 Å². The minimum absolute atomic E-state index is 0.135. The van der Waals surface area contributed by atoms with Crippen molar-refractivity contribution in [3.8, 4) is 33.4 Å². The van der Waals surface area contributed by atoms with Gasteiger partial charge in [-0.05, 0) is 104 Å². The summed E-state index contributed by atoms with van der Waals surface area (Å²) < 4.78 is 2.42. The van der Waals surface area contributed by atoms with E-state index < -0.39 is 0 Å². The third-order valence-corrected chi connectivity index (χ3v) is 9.84. The summed E-state index contributed by atoms with van der Waals surface area (Å²) in [6.07, 6.45) is 6.85. The van der Waals surface area contributed by atoms with E-state index in [1.54, 1.807) is 0 Å². The summed E-state index contributed by atoms with van der Waals surface area (Å²) in [4.78, 5) is 0. The van der Waals surface area contributed by atoms with E-state index in [1.807, 2.05) is 0 Å². The molecule has 0 aliphatic heterocycles. The van der Waals surface area contributed by atoms with Crippen molar-refractivity contribution < 1.29 is 0 Å². The number of para-hydroxylation sites is 1. The molecule has 0 saturated carbocycles. The second kappa shape index (κ2) is 10.6. The monoisotopic (exact) mass is 581 g/mol. The van der Waals surface area contributed by atoms with E-state index in [4.69, 9.17) is 0 Å². The maximum absolute atomic E-state index is 2.42. The second-order valence-electron chi connectivity index (χ2n) is 13.5. The molecule has 220 valence electrons. The standard InChI is InChI=1S/C44H39N/c1-5-45-40-17-11-10-12-34(40)39-28-32(24-27-41(39)45)29-18-20-30(21-19-29)42-35-13-6-8-15-37(35)43(38-16-9-7-14-36(38)42)31-22-25-33(26-23-31)44(2,3)4/h6,8-13,15-28H,5,7,14H2,1-4H3. The molecule has 6 aromatic carbocycles. The molecule has 0 unspecified atom stereocenters. The summed E-state index contributed by atoms with van der Waals surface area (Å²) in [5.74, 6) is 0. The predicted octanol–water partition coefficient (Wildman–Crippen LogP) is 12.2. The van der Waals surface area contributed by atoms with Crippen molar-refractivity contribution in [2.75, 3.05) is 0 Å². The summed E-state index contributed by atoms with van der Waals surface area (Å²) in [6, 6.07) is 43.3. The van der Waals surface area contributed by atoms with Crippen molar-refractivity contribution in [2.24, 2.45) is 0 Å². The van der Waals surface area contributed by atoms with Gasteiger partial charge in [0.2, 0.25) is 0 Å². The molecule has 7 aromatic rings. The number of fused-ring (bicyclic) bond motifs is 5. The Hall–Kier alpha value is -4.88. The summed E-state index contributed by atoms with van der Waals surface area (Å²) in [7, 11) is 0. The fraction of sp³-hybridized carbons (Fsp3) is 0.182. The molecule has 8 rings (SSSR count). The van der Waals surface area contributed by atoms with Crippen molar-refractivity contribution in [1.29, 1.82) is 0 Å². The zero-order valence-corrected chi connectivity index (χ0v) is 26.7. The molecule has 0 saturated heterocycles. The molecule has 0 N–H and O–H groups in total. The Labute approximate surface area is 266 Å². The fourth-order valence-corrected chi connectivity index (χ4v) is 7.57. The van der Waals surface area contributed by atoms with E-state index in [9.17, 15) is 0 Å². The maximum Gasteiger partial charge on any atom is 0.0491 e. The van der Waals surface area contributed by atoms with Gasteiger partial charge in [0, 0.05) is 28.4 Å². The van der Waals surface area contributed by atoms with Gasteiger partial charge in [0.15, 0.2) is 0 Å². The lowest BCUT2D eigenvalue weighted by atomic mass is 9.79. The van der Waals surface area contributed by atoms with Crippen molar-refractivity contribution in [3.63, 3.8) is 0 Å². The Morgan fingerprint density at radius 1 is 0.578 bits per heavy atom. The molecule has 1 aliphatic rings. The highest BCUT2D eigenvalue weighted by Gasteiger charge is 2.22. The minimum atomic E-state index is 0.135. The highest BCUT2D eigenvalue weighted by Crippen LogP contribution is 2.45. The van der Waals surface area contributed by atoms with Crippen LogP contribution in [0.25, 0.3) is 72.0 Å². The molecular weight excluding hydrogens is 542 g/mol. The molecule has 0 fully saturated rings. The molecule has 0 amide bonds. The van der Waals surface area contributed by atoms with Crippen molar-refractivity contribution in [2.45, 2.75) is 52.5 Å². The van der Waals surface area contributed by atoms with Gasteiger partial charge in [0.1, 0.15) is 0 Å². The first kappa shape index (κ1) is 27.7. The average molecular weight is 582 g/mol. The average Bonchev–Trinajstić information content (AvgIpc) is 3.40. The van der Waals surface area contributed by atoms with Gasteiger partial charge in [-0.3, -0.25) is 0 Å². The lowest BCUT2D eigenvalue weighted by molar-refractivity contribution is 0.590. The van der Waals surface area contributed by atoms with Crippen LogP contribution in [0.1, 0.15) is 50.8 Å². The molecule has 1 nitrogen and oxygen atoms in total. The van der Waals surface area contributed by atoms with E-state index in [2.05, 4.69) is 160 Å². The van der Waals surface area contributed by atoms with Gasteiger partial charge in [-0.25, -0.2) is 0 Å². The predicted molar refractivity (Wildman–Crippen MR) is 195 cm³/mol. The summed E-state index contributed by atoms with van der Waals surface area (Å²) in [5.41, 5.74) is 14.8. The summed E-state index contributed by atoms with van der Waals surface area (Å²) >= 11 is 0. The van der Waals surface area contributed by atoms with E-state index >= 15 is 0 Å². The van der Waals surface area contributed by atoms with Crippen LogP contribution in [0.2, 0.25) is 0 Å². The maximum atomic E-state index is 2.42. The van der Waals surface area contributed by atoms with Crippen LogP contribution in [-0.4, -0.2) is 4.57 Å². The van der Waals surface area contributed by atoms with Gasteiger partial charge in [0.25, 0.3) is 0 Å². The second-order valence-corrected chi connectivity index (χ2v) is 13.5. The van der Waals surface area contributed by atoms with Crippen LogP contribution in [0.15, 0.2) is 121 Å². The van der Waals surface area contributed by atoms with Crippen LogP contribution < -0.4 is 0 Å². The minimum Gasteiger partial charge on any atom is -0.341 e. The Balaban J connectivity index is 1.26. The van der Waals surface area contributed by atoms with Crippen LogP contribution in [0.5, 0.6) is 0 Å².